The van der Waals surface area contributed by atoms with Crippen molar-refractivity contribution in [2.75, 3.05) is 72.2 Å². The lowest BCUT2D eigenvalue weighted by molar-refractivity contribution is -0.396. The highest BCUT2D eigenvalue weighted by atomic mass is 32.2. The lowest BCUT2D eigenvalue weighted by atomic mass is 9.95. The number of nitrogens with two attached hydrogens (primary N) is 8. The van der Waals surface area contributed by atoms with Gasteiger partial charge in [0.15, 0.2) is 49.0 Å². The fourth-order valence-corrected chi connectivity index (χ4v) is 11.2. The maximum absolute atomic E-state index is 11.8. The molecule has 0 amide bonds. The first-order chi connectivity index (χ1) is 32.4. The summed E-state index contributed by atoms with van der Waals surface area (Å²) < 4.78 is 50.1. The summed E-state index contributed by atoms with van der Waals surface area (Å²) >= 11 is 5.12. The standard InChI is InChI=1S/C36H68N12O16S4/c37-33(38)45-1-5-65-9-13-25-17(49)21(53)29(57-13)62-26-14(10-66-6-2-46-34(39)40)59-31(23(55)19(26)51)64-28-16(12-68-8-4-48-36(43)44)60-32(24(56)20(28)52)63-27-15(11-67-7-3-47-35(41)42)58-30(61-25)22(54)18(27)50/h13-32,49-56H,1-12H2,(H4,37,38,45)(H4,39,40,46)(H4,41,42,47)(H4,43,44,48)/t13-,14-,15-,16-,17-,18-,19-,20-,21-,22-,23-,24-,25-,26-,27-,28-,29-,30-,31-,32-/m0/s1. The third-order valence-electron chi connectivity index (χ3n) is 11.0. The highest BCUT2D eigenvalue weighted by molar-refractivity contribution is 8.00. The summed E-state index contributed by atoms with van der Waals surface area (Å²) in [6.45, 7) is 0.843. The maximum atomic E-state index is 11.8. The highest BCUT2D eigenvalue weighted by Gasteiger charge is 2.57. The molecule has 392 valence electrons. The zero-order chi connectivity index (χ0) is 49.7. The summed E-state index contributed by atoms with van der Waals surface area (Å²) in [5, 5.41) is 93.7. The molecule has 0 radical (unpaired) electrons. The number of guanidine groups is 4. The van der Waals surface area contributed by atoms with Gasteiger partial charge in [-0.25, -0.2) is 0 Å². The Morgan fingerprint density at radius 2 is 0.500 bits per heavy atom. The van der Waals surface area contributed by atoms with Gasteiger partial charge in [-0.1, -0.05) is 0 Å². The van der Waals surface area contributed by atoms with Gasteiger partial charge < -0.3 is 125 Å². The monoisotopic (exact) mass is 1050 g/mol. The van der Waals surface area contributed by atoms with Gasteiger partial charge in [-0.3, -0.25) is 20.0 Å². The smallest absolute Gasteiger partial charge is 0.187 e. The number of hydrogen-bond acceptors (Lipinski definition) is 24. The molecule has 28 nitrogen and oxygen atoms in total. The van der Waals surface area contributed by atoms with Crippen molar-refractivity contribution in [3.8, 4) is 0 Å². The van der Waals surface area contributed by atoms with Crippen LogP contribution in [0.1, 0.15) is 0 Å². The zero-order valence-corrected chi connectivity index (χ0v) is 40.2. The van der Waals surface area contributed by atoms with Crippen LogP contribution in [0.5, 0.6) is 0 Å². The van der Waals surface area contributed by atoms with Crippen LogP contribution in [0, 0.1) is 0 Å². The zero-order valence-electron chi connectivity index (χ0n) is 36.9. The van der Waals surface area contributed by atoms with Crippen molar-refractivity contribution in [3.63, 3.8) is 0 Å². The van der Waals surface area contributed by atoms with E-state index in [1.54, 1.807) is 0 Å². The number of ether oxygens (including phenoxy) is 8. The average molecular weight is 1050 g/mol. The Balaban J connectivity index is 1.53. The van der Waals surface area contributed by atoms with Gasteiger partial charge in [0, 0.05) is 46.0 Å². The predicted octanol–water partition coefficient (Wildman–Crippen LogP) is -8.65. The van der Waals surface area contributed by atoms with E-state index in [0.29, 0.717) is 23.0 Å². The number of aliphatic hydroxyl groups excluding tert-OH is 8. The lowest BCUT2D eigenvalue weighted by Gasteiger charge is -2.51. The molecule has 14 fully saturated rings. The van der Waals surface area contributed by atoms with E-state index in [1.807, 2.05) is 0 Å². The van der Waals surface area contributed by atoms with Crippen LogP contribution in [0.3, 0.4) is 0 Å². The summed E-state index contributed by atoms with van der Waals surface area (Å²) in [5.74, 6) is 1.14. The van der Waals surface area contributed by atoms with Gasteiger partial charge >= 0.3 is 0 Å². The molecule has 14 rings (SSSR count). The number of thioether (sulfide) groups is 4. The first-order valence-corrected chi connectivity index (χ1v) is 26.2. The first-order valence-electron chi connectivity index (χ1n) is 21.6. The minimum atomic E-state index is -1.89. The number of rotatable bonds is 20. The van der Waals surface area contributed by atoms with Crippen LogP contribution in [0.25, 0.3) is 0 Å². The molecule has 0 aromatic heterocycles. The van der Waals surface area contributed by atoms with Crippen LogP contribution < -0.4 is 45.9 Å². The van der Waals surface area contributed by atoms with Gasteiger partial charge in [0.2, 0.25) is 0 Å². The molecule has 0 spiro atoms. The molecule has 0 aromatic carbocycles. The van der Waals surface area contributed by atoms with Crippen LogP contribution in [-0.4, -0.2) is 260 Å². The van der Waals surface area contributed by atoms with Gasteiger partial charge in [0.05, 0.1) is 50.6 Å². The Bertz CT molecular complexity index is 1430. The Kier molecular flexibility index (Phi) is 23.0. The fraction of sp³-hybridized carbons (Fsp3) is 0.889. The average Bonchev–Trinajstić information content (AvgIpc) is 3.27. The maximum Gasteiger partial charge on any atom is 0.187 e. The van der Waals surface area contributed by atoms with Gasteiger partial charge in [0.25, 0.3) is 0 Å². The van der Waals surface area contributed by atoms with Crippen molar-refractivity contribution >= 4 is 70.9 Å². The summed E-state index contributed by atoms with van der Waals surface area (Å²) in [6.07, 6.45) is -32.1. The van der Waals surface area contributed by atoms with E-state index in [0.717, 1.165) is 0 Å². The van der Waals surface area contributed by atoms with Crippen molar-refractivity contribution in [2.45, 2.75) is 123 Å². The van der Waals surface area contributed by atoms with Crippen LogP contribution in [0.15, 0.2) is 20.0 Å². The molecule has 32 heteroatoms. The van der Waals surface area contributed by atoms with Crippen LogP contribution in [0.2, 0.25) is 0 Å². The second kappa shape index (κ2) is 27.6. The van der Waals surface area contributed by atoms with Crippen LogP contribution >= 0.6 is 47.0 Å². The summed E-state index contributed by atoms with van der Waals surface area (Å²) in [5.41, 5.74) is 43.9. The van der Waals surface area contributed by atoms with E-state index in [1.165, 1.54) is 47.0 Å². The molecular weight excluding hydrogens is 985 g/mol. The number of hydrogen-bond donors (Lipinski definition) is 16. The molecule has 24 N–H and O–H groups in total. The topological polar surface area (TPSA) is 493 Å². The molecule has 20 atom stereocenters. The van der Waals surface area contributed by atoms with Crippen molar-refractivity contribution in [1.82, 2.24) is 0 Å². The van der Waals surface area contributed by atoms with E-state index in [2.05, 4.69) is 20.0 Å². The molecule has 14 aliphatic rings. The van der Waals surface area contributed by atoms with E-state index in [4.69, 9.17) is 83.8 Å². The summed E-state index contributed by atoms with van der Waals surface area (Å²) in [6, 6.07) is 0. The molecule has 0 aliphatic carbocycles. The van der Waals surface area contributed by atoms with Crippen molar-refractivity contribution in [3.05, 3.63) is 0 Å². The molecular formula is C36H68N12O16S4. The Morgan fingerprint density at radius 3 is 0.676 bits per heavy atom. The summed E-state index contributed by atoms with van der Waals surface area (Å²) in [7, 11) is 0. The minimum Gasteiger partial charge on any atom is -0.387 e. The van der Waals surface area contributed by atoms with Crippen LogP contribution in [0.4, 0.5) is 0 Å². The molecule has 14 saturated heterocycles. The lowest BCUT2D eigenvalue weighted by Crippen LogP contribution is -2.69. The molecule has 14 heterocycles. The van der Waals surface area contributed by atoms with E-state index >= 15 is 0 Å². The molecule has 68 heavy (non-hydrogen) atoms. The molecule has 8 bridgehead atoms. The second-order valence-electron chi connectivity index (χ2n) is 16.0. The number of nitrogens with zero attached hydrogens (tertiary/aromatic N) is 4. The van der Waals surface area contributed by atoms with E-state index < -0.39 is 123 Å². The third-order valence-corrected chi connectivity index (χ3v) is 15.1. The molecule has 14 aliphatic heterocycles. The SMILES string of the molecule is NC(N)=NCCSC[C@@H]1O[C@H]2O[C@@H]3[C@@H](O)[C@H](O)[C@H](O[C@@H]4[C@@H](O)[C@H](O)[C@H](O[C@@H]5[C@@H](O)[C@H](O)[C@H](O[C@@H]1[C@@H](O)[C@@H]2O)O[C@H]5CSCCN=C(N)N)O[C@H]4CSCCN=C(N)N)O[C@H]3CSCCN=C(N)N. The Hall–Kier alpha value is -2.16. The highest BCUT2D eigenvalue weighted by Crippen LogP contribution is 2.38. The Labute approximate surface area is 409 Å². The van der Waals surface area contributed by atoms with Gasteiger partial charge in [-0.2, -0.15) is 47.0 Å². The molecule has 0 aromatic rings. The third kappa shape index (κ3) is 15.9. The van der Waals surface area contributed by atoms with E-state index in [-0.39, 0.29) is 73.0 Å². The first kappa shape index (κ1) is 56.8. The van der Waals surface area contributed by atoms with Crippen LogP contribution in [-0.2, 0) is 37.9 Å². The largest absolute Gasteiger partial charge is 0.387 e. The quantitative estimate of drug-likeness (QED) is 0.0306. The van der Waals surface area contributed by atoms with E-state index in [9.17, 15) is 40.9 Å². The normalized spacial score (nSPS) is 39.5. The van der Waals surface area contributed by atoms with Crippen molar-refractivity contribution in [1.29, 1.82) is 0 Å². The second-order valence-corrected chi connectivity index (χ2v) is 20.6. The molecule has 0 unspecified atom stereocenters. The predicted molar refractivity (Wildman–Crippen MR) is 254 cm³/mol. The van der Waals surface area contributed by atoms with Crippen molar-refractivity contribution in [2.24, 2.45) is 65.8 Å². The molecule has 0 saturated carbocycles. The minimum absolute atomic E-state index is 0.0518. The number of aliphatic hydroxyl groups is 8. The van der Waals surface area contributed by atoms with Crippen molar-refractivity contribution < 1.29 is 78.7 Å². The number of aliphatic imine (C=N–C) groups is 4. The summed E-state index contributed by atoms with van der Waals surface area (Å²) in [4.78, 5) is 15.9. The van der Waals surface area contributed by atoms with Gasteiger partial charge in [-0.05, 0) is 0 Å². The Morgan fingerprint density at radius 1 is 0.309 bits per heavy atom. The fourth-order valence-electron chi connectivity index (χ4n) is 7.66. The van der Waals surface area contributed by atoms with Gasteiger partial charge in [0.1, 0.15) is 73.2 Å². The van der Waals surface area contributed by atoms with Gasteiger partial charge in [-0.15, -0.1) is 0 Å².